The highest BCUT2D eigenvalue weighted by atomic mass is 32.1. The van der Waals surface area contributed by atoms with E-state index in [1.807, 2.05) is 35.7 Å². The van der Waals surface area contributed by atoms with Crippen LogP contribution in [0.15, 0.2) is 35.7 Å². The number of hydrogen-bond donors (Lipinski definition) is 1. The van der Waals surface area contributed by atoms with Gasteiger partial charge < -0.3 is 15.0 Å². The Hall–Kier alpha value is -3.09. The summed E-state index contributed by atoms with van der Waals surface area (Å²) in [6.45, 7) is 2.72. The summed E-state index contributed by atoms with van der Waals surface area (Å²) < 4.78 is 5.45. The van der Waals surface area contributed by atoms with Crippen molar-refractivity contribution < 1.29 is 4.74 Å². The van der Waals surface area contributed by atoms with Gasteiger partial charge >= 0.3 is 0 Å². The minimum Gasteiger partial charge on any atom is -0.378 e. The van der Waals surface area contributed by atoms with Crippen molar-refractivity contribution in [2.24, 2.45) is 0 Å². The first-order valence-electron chi connectivity index (χ1n) is 10.1. The van der Waals surface area contributed by atoms with Gasteiger partial charge in [-0.3, -0.25) is 0 Å². The molecule has 1 aromatic carbocycles. The first-order chi connectivity index (χ1) is 14.8. The fourth-order valence-electron chi connectivity index (χ4n) is 3.27. The van der Waals surface area contributed by atoms with Crippen molar-refractivity contribution in [3.63, 3.8) is 0 Å². The molecule has 3 aromatic rings. The highest BCUT2D eigenvalue weighted by molar-refractivity contribution is 7.10. The van der Waals surface area contributed by atoms with Crippen LogP contribution >= 0.6 is 11.3 Å². The van der Waals surface area contributed by atoms with Gasteiger partial charge in [-0.05, 0) is 12.8 Å². The third kappa shape index (κ3) is 4.10. The van der Waals surface area contributed by atoms with E-state index in [-0.39, 0.29) is 0 Å². The average molecular weight is 420 g/mol. The lowest BCUT2D eigenvalue weighted by atomic mass is 10.1. The molecule has 1 saturated carbocycles. The summed E-state index contributed by atoms with van der Waals surface area (Å²) in [5, 5.41) is 16.0. The Balaban J connectivity index is 1.49. The summed E-state index contributed by atoms with van der Waals surface area (Å²) in [6.07, 6.45) is 2.23. The zero-order valence-electron chi connectivity index (χ0n) is 16.4. The smallest absolute Gasteiger partial charge is 0.230 e. The van der Waals surface area contributed by atoms with Gasteiger partial charge in [0.25, 0.3) is 0 Å². The Kier molecular flexibility index (Phi) is 5.26. The monoisotopic (exact) mass is 419 g/mol. The number of nitrogens with one attached hydrogen (secondary N) is 1. The molecule has 0 amide bonds. The molecular weight excluding hydrogens is 398 g/mol. The van der Waals surface area contributed by atoms with E-state index < -0.39 is 5.92 Å². The molecule has 30 heavy (non-hydrogen) atoms. The van der Waals surface area contributed by atoms with Gasteiger partial charge in [0.2, 0.25) is 11.9 Å². The maximum absolute atomic E-state index is 9.96. The Labute approximate surface area is 178 Å². The van der Waals surface area contributed by atoms with Gasteiger partial charge in [0.15, 0.2) is 11.7 Å². The number of rotatable bonds is 6. The molecule has 1 atom stereocenters. The molecule has 8 nitrogen and oxygen atoms in total. The minimum atomic E-state index is -0.644. The molecule has 152 valence electrons. The number of ether oxygens (including phenoxy) is 1. The van der Waals surface area contributed by atoms with Gasteiger partial charge in [-0.1, -0.05) is 30.3 Å². The van der Waals surface area contributed by atoms with Gasteiger partial charge in [-0.15, -0.1) is 11.3 Å². The minimum absolute atomic E-state index is 0.405. The standard InChI is InChI=1S/C21H21N7OS/c22-12-16(19-24-17(13-30-19)14-4-2-1-3-5-14)18-25-20(23-15-6-7-15)27-21(26-18)28-8-10-29-11-9-28/h1-5,13,15-16H,6-11H2,(H,23,25,26,27). The lowest BCUT2D eigenvalue weighted by Crippen LogP contribution is -2.37. The molecular formula is C21H21N7OS. The van der Waals surface area contributed by atoms with Gasteiger partial charge in [0, 0.05) is 30.1 Å². The predicted molar refractivity (Wildman–Crippen MR) is 115 cm³/mol. The van der Waals surface area contributed by atoms with Crippen molar-refractivity contribution in [3.05, 3.63) is 46.5 Å². The maximum Gasteiger partial charge on any atom is 0.230 e. The van der Waals surface area contributed by atoms with Crippen LogP contribution in [-0.4, -0.2) is 52.3 Å². The van der Waals surface area contributed by atoms with Crippen LogP contribution in [0.5, 0.6) is 0 Å². The summed E-state index contributed by atoms with van der Waals surface area (Å²) >= 11 is 1.46. The van der Waals surface area contributed by atoms with Crippen LogP contribution in [-0.2, 0) is 4.74 Å². The number of morpholine rings is 1. The Morgan fingerprint density at radius 2 is 1.90 bits per heavy atom. The third-order valence-corrected chi connectivity index (χ3v) is 5.98. The summed E-state index contributed by atoms with van der Waals surface area (Å²) in [6, 6.07) is 12.7. The second-order valence-electron chi connectivity index (χ2n) is 7.33. The lowest BCUT2D eigenvalue weighted by Gasteiger charge is -2.27. The Morgan fingerprint density at radius 1 is 1.10 bits per heavy atom. The molecule has 2 aliphatic rings. The van der Waals surface area contributed by atoms with E-state index >= 15 is 0 Å². The lowest BCUT2D eigenvalue weighted by molar-refractivity contribution is 0.122. The van der Waals surface area contributed by atoms with E-state index in [4.69, 9.17) is 9.72 Å². The van der Waals surface area contributed by atoms with Gasteiger partial charge in [-0.25, -0.2) is 4.98 Å². The molecule has 5 rings (SSSR count). The zero-order chi connectivity index (χ0) is 20.3. The molecule has 1 saturated heterocycles. The fraction of sp³-hybridized carbons (Fsp3) is 0.381. The molecule has 0 radical (unpaired) electrons. The second kappa shape index (κ2) is 8.34. The highest BCUT2D eigenvalue weighted by Gasteiger charge is 2.27. The van der Waals surface area contributed by atoms with Crippen LogP contribution in [0.4, 0.5) is 11.9 Å². The quantitative estimate of drug-likeness (QED) is 0.651. The number of nitrogens with zero attached hydrogens (tertiary/aromatic N) is 6. The first kappa shape index (κ1) is 18.9. The van der Waals surface area contributed by atoms with E-state index in [1.165, 1.54) is 11.3 Å². The third-order valence-electron chi connectivity index (χ3n) is 5.07. The number of nitriles is 1. The van der Waals surface area contributed by atoms with E-state index in [9.17, 15) is 5.26 Å². The molecule has 1 N–H and O–H groups in total. The molecule has 1 aliphatic carbocycles. The van der Waals surface area contributed by atoms with Gasteiger partial charge in [-0.2, -0.15) is 20.2 Å². The van der Waals surface area contributed by atoms with E-state index in [0.29, 0.717) is 42.0 Å². The predicted octanol–water partition coefficient (Wildman–Crippen LogP) is 3.06. The molecule has 9 heteroatoms. The summed E-state index contributed by atoms with van der Waals surface area (Å²) in [5.41, 5.74) is 1.88. The van der Waals surface area contributed by atoms with Crippen molar-refractivity contribution in [2.75, 3.05) is 36.5 Å². The van der Waals surface area contributed by atoms with Crippen molar-refractivity contribution in [2.45, 2.75) is 24.8 Å². The van der Waals surface area contributed by atoms with Gasteiger partial charge in [0.1, 0.15) is 5.01 Å². The zero-order valence-corrected chi connectivity index (χ0v) is 17.2. The topological polar surface area (TPSA) is 99.9 Å². The van der Waals surface area contributed by atoms with Crippen LogP contribution in [0.2, 0.25) is 0 Å². The van der Waals surface area contributed by atoms with Crippen molar-refractivity contribution in [1.29, 1.82) is 5.26 Å². The van der Waals surface area contributed by atoms with Crippen LogP contribution in [0, 0.1) is 11.3 Å². The van der Waals surface area contributed by atoms with Crippen molar-refractivity contribution >= 4 is 23.2 Å². The number of hydrogen-bond acceptors (Lipinski definition) is 9. The van der Waals surface area contributed by atoms with E-state index in [1.54, 1.807) is 0 Å². The molecule has 0 spiro atoms. The van der Waals surface area contributed by atoms with E-state index in [2.05, 4.69) is 31.2 Å². The number of thiazole rings is 1. The number of anilines is 2. The molecule has 2 aromatic heterocycles. The average Bonchev–Trinajstić information content (AvgIpc) is 3.48. The molecule has 2 fully saturated rings. The number of aromatic nitrogens is 4. The number of benzene rings is 1. The fourth-order valence-corrected chi connectivity index (χ4v) is 4.14. The largest absolute Gasteiger partial charge is 0.378 e. The Bertz CT molecular complexity index is 1050. The summed E-state index contributed by atoms with van der Waals surface area (Å²) in [5.74, 6) is 0.914. The Morgan fingerprint density at radius 3 is 2.63 bits per heavy atom. The molecule has 0 bridgehead atoms. The summed E-state index contributed by atoms with van der Waals surface area (Å²) in [7, 11) is 0. The van der Waals surface area contributed by atoms with Crippen LogP contribution in [0.3, 0.4) is 0 Å². The normalized spacial score (nSPS) is 17.4. The summed E-state index contributed by atoms with van der Waals surface area (Å²) in [4.78, 5) is 20.7. The highest BCUT2D eigenvalue weighted by Crippen LogP contribution is 2.31. The van der Waals surface area contributed by atoms with Crippen molar-refractivity contribution in [3.8, 4) is 17.3 Å². The van der Waals surface area contributed by atoms with Crippen molar-refractivity contribution in [1.82, 2.24) is 19.9 Å². The van der Waals surface area contributed by atoms with Gasteiger partial charge in [0.05, 0.1) is 25.0 Å². The molecule has 3 heterocycles. The SMILES string of the molecule is N#CC(c1nc(NC2CC2)nc(N2CCOCC2)n1)c1nc(-c2ccccc2)cs1. The molecule has 1 aliphatic heterocycles. The maximum atomic E-state index is 9.96. The molecule has 1 unspecified atom stereocenters. The van der Waals surface area contributed by atoms with Crippen LogP contribution < -0.4 is 10.2 Å². The van der Waals surface area contributed by atoms with Crippen LogP contribution in [0.1, 0.15) is 29.6 Å². The second-order valence-corrected chi connectivity index (χ2v) is 8.22. The van der Waals surface area contributed by atoms with Crippen LogP contribution in [0.25, 0.3) is 11.3 Å². The van der Waals surface area contributed by atoms with E-state index in [0.717, 1.165) is 37.2 Å². The first-order valence-corrected chi connectivity index (χ1v) is 10.9.